The van der Waals surface area contributed by atoms with Gasteiger partial charge in [0.05, 0.1) is 21.8 Å². The van der Waals surface area contributed by atoms with Crippen LogP contribution >= 0.6 is 23.4 Å². The van der Waals surface area contributed by atoms with E-state index in [9.17, 15) is 9.59 Å². The molecule has 0 unspecified atom stereocenters. The summed E-state index contributed by atoms with van der Waals surface area (Å²) in [5.41, 5.74) is 1.32. The summed E-state index contributed by atoms with van der Waals surface area (Å²) in [6, 6.07) is 12.5. The van der Waals surface area contributed by atoms with Gasteiger partial charge in [0.1, 0.15) is 0 Å². The van der Waals surface area contributed by atoms with Gasteiger partial charge in [-0.05, 0) is 49.4 Å². The zero-order valence-corrected chi connectivity index (χ0v) is 14.7. The summed E-state index contributed by atoms with van der Waals surface area (Å²) >= 11 is 7.68. The molecule has 2 amide bonds. The molecule has 0 heterocycles. The van der Waals surface area contributed by atoms with E-state index in [-0.39, 0.29) is 17.9 Å². The van der Waals surface area contributed by atoms with E-state index in [1.54, 1.807) is 36.4 Å². The summed E-state index contributed by atoms with van der Waals surface area (Å²) in [7, 11) is 0. The fourth-order valence-electron chi connectivity index (χ4n) is 2.28. The Labute approximate surface area is 150 Å². The molecule has 0 spiro atoms. The Hall–Kier alpha value is -1.98. The molecule has 124 valence electrons. The van der Waals surface area contributed by atoms with Crippen LogP contribution in [0.4, 0.5) is 5.69 Å². The van der Waals surface area contributed by atoms with E-state index in [1.807, 2.05) is 12.3 Å². The number of hydrogen-bond donors (Lipinski definition) is 2. The molecule has 1 aliphatic carbocycles. The minimum atomic E-state index is -0.331. The Balaban J connectivity index is 1.83. The van der Waals surface area contributed by atoms with E-state index >= 15 is 0 Å². The fraction of sp³-hybridized carbons (Fsp3) is 0.222. The Morgan fingerprint density at radius 1 is 1.08 bits per heavy atom. The Morgan fingerprint density at radius 2 is 1.83 bits per heavy atom. The summed E-state index contributed by atoms with van der Waals surface area (Å²) in [6.45, 7) is 0. The highest BCUT2D eigenvalue weighted by atomic mass is 35.5. The maximum Gasteiger partial charge on any atom is 0.257 e. The van der Waals surface area contributed by atoms with Crippen LogP contribution in [0.25, 0.3) is 0 Å². The summed E-state index contributed by atoms with van der Waals surface area (Å²) in [5.74, 6) is -0.500. The van der Waals surface area contributed by atoms with Gasteiger partial charge >= 0.3 is 0 Å². The van der Waals surface area contributed by atoms with E-state index in [1.165, 1.54) is 11.8 Å². The van der Waals surface area contributed by atoms with Crippen LogP contribution in [0, 0.1) is 0 Å². The van der Waals surface area contributed by atoms with Gasteiger partial charge in [-0.25, -0.2) is 0 Å². The van der Waals surface area contributed by atoms with Gasteiger partial charge in [0.25, 0.3) is 11.8 Å². The summed E-state index contributed by atoms with van der Waals surface area (Å²) in [4.78, 5) is 25.8. The monoisotopic (exact) mass is 360 g/mol. The van der Waals surface area contributed by atoms with E-state index in [0.717, 1.165) is 17.7 Å². The SMILES string of the molecule is CSc1ccc(Cl)c(C(=O)Nc2ccccc2C(=O)NC2CC2)c1. The number of nitrogens with one attached hydrogen (secondary N) is 2. The summed E-state index contributed by atoms with van der Waals surface area (Å²) < 4.78 is 0. The maximum absolute atomic E-state index is 12.6. The predicted octanol–water partition coefficient (Wildman–Crippen LogP) is 4.21. The van der Waals surface area contributed by atoms with Crippen LogP contribution in [-0.4, -0.2) is 24.1 Å². The Kier molecular flexibility index (Phi) is 5.11. The highest BCUT2D eigenvalue weighted by Gasteiger charge is 2.25. The van der Waals surface area contributed by atoms with Crippen LogP contribution in [0.1, 0.15) is 33.6 Å². The molecule has 24 heavy (non-hydrogen) atoms. The lowest BCUT2D eigenvalue weighted by atomic mass is 10.1. The van der Waals surface area contributed by atoms with Crippen molar-refractivity contribution in [3.63, 3.8) is 0 Å². The van der Waals surface area contributed by atoms with E-state index in [0.29, 0.717) is 21.8 Å². The number of amides is 2. The number of carbonyl (C=O) groups is 2. The van der Waals surface area contributed by atoms with Crippen molar-refractivity contribution >= 4 is 40.9 Å². The summed E-state index contributed by atoms with van der Waals surface area (Å²) in [5, 5.41) is 6.11. The van der Waals surface area contributed by atoms with Gasteiger partial charge in [-0.2, -0.15) is 0 Å². The third-order valence-corrected chi connectivity index (χ3v) is 4.81. The maximum atomic E-state index is 12.6. The molecule has 6 heteroatoms. The van der Waals surface area contributed by atoms with Crippen molar-refractivity contribution in [2.45, 2.75) is 23.8 Å². The van der Waals surface area contributed by atoms with Gasteiger partial charge < -0.3 is 10.6 Å². The van der Waals surface area contributed by atoms with Gasteiger partial charge in [-0.1, -0.05) is 23.7 Å². The zero-order valence-electron chi connectivity index (χ0n) is 13.1. The number of rotatable bonds is 5. The number of thioether (sulfide) groups is 1. The van der Waals surface area contributed by atoms with Crippen molar-refractivity contribution in [2.24, 2.45) is 0 Å². The Bertz CT molecular complexity index is 790. The fourth-order valence-corrected chi connectivity index (χ4v) is 2.92. The van der Waals surface area contributed by atoms with E-state index < -0.39 is 0 Å². The normalized spacial score (nSPS) is 13.4. The van der Waals surface area contributed by atoms with Crippen molar-refractivity contribution in [1.29, 1.82) is 0 Å². The van der Waals surface area contributed by atoms with Gasteiger partial charge in [-0.3, -0.25) is 9.59 Å². The molecule has 3 rings (SSSR count). The molecule has 0 aromatic heterocycles. The first kappa shape index (κ1) is 16.9. The van der Waals surface area contributed by atoms with Gasteiger partial charge in [0.15, 0.2) is 0 Å². The predicted molar refractivity (Wildman–Crippen MR) is 98.1 cm³/mol. The molecule has 2 aromatic carbocycles. The minimum Gasteiger partial charge on any atom is -0.349 e. The lowest BCUT2D eigenvalue weighted by Crippen LogP contribution is -2.27. The molecule has 1 aliphatic rings. The number of carbonyl (C=O) groups excluding carboxylic acids is 2. The molecule has 0 saturated heterocycles. The van der Waals surface area contributed by atoms with Crippen LogP contribution in [0.5, 0.6) is 0 Å². The molecule has 0 atom stereocenters. The molecular weight excluding hydrogens is 344 g/mol. The highest BCUT2D eigenvalue weighted by molar-refractivity contribution is 7.98. The smallest absolute Gasteiger partial charge is 0.257 e. The molecular formula is C18H17ClN2O2S. The highest BCUT2D eigenvalue weighted by Crippen LogP contribution is 2.25. The van der Waals surface area contributed by atoms with Crippen LogP contribution in [0.15, 0.2) is 47.4 Å². The first-order valence-electron chi connectivity index (χ1n) is 7.63. The van der Waals surface area contributed by atoms with E-state index in [2.05, 4.69) is 10.6 Å². The van der Waals surface area contributed by atoms with Crippen molar-refractivity contribution < 1.29 is 9.59 Å². The largest absolute Gasteiger partial charge is 0.349 e. The van der Waals surface area contributed by atoms with Crippen molar-refractivity contribution in [2.75, 3.05) is 11.6 Å². The van der Waals surface area contributed by atoms with Crippen LogP contribution in [0.2, 0.25) is 5.02 Å². The number of para-hydroxylation sites is 1. The molecule has 4 nitrogen and oxygen atoms in total. The minimum absolute atomic E-state index is 0.169. The van der Waals surface area contributed by atoms with Crippen LogP contribution < -0.4 is 10.6 Å². The molecule has 0 aliphatic heterocycles. The number of halogens is 1. The first-order chi connectivity index (χ1) is 11.6. The quantitative estimate of drug-likeness (QED) is 0.785. The molecule has 2 N–H and O–H groups in total. The van der Waals surface area contributed by atoms with E-state index in [4.69, 9.17) is 11.6 Å². The number of hydrogen-bond acceptors (Lipinski definition) is 3. The van der Waals surface area contributed by atoms with Crippen molar-refractivity contribution in [3.8, 4) is 0 Å². The van der Waals surface area contributed by atoms with Gasteiger partial charge in [-0.15, -0.1) is 11.8 Å². The third kappa shape index (κ3) is 3.91. The second-order valence-corrected chi connectivity index (χ2v) is 6.88. The third-order valence-electron chi connectivity index (χ3n) is 3.75. The van der Waals surface area contributed by atoms with Crippen molar-refractivity contribution in [1.82, 2.24) is 5.32 Å². The molecule has 1 saturated carbocycles. The summed E-state index contributed by atoms with van der Waals surface area (Å²) in [6.07, 6.45) is 3.96. The van der Waals surface area contributed by atoms with Gasteiger partial charge in [0.2, 0.25) is 0 Å². The van der Waals surface area contributed by atoms with Crippen molar-refractivity contribution in [3.05, 3.63) is 58.6 Å². The Morgan fingerprint density at radius 3 is 2.54 bits per heavy atom. The topological polar surface area (TPSA) is 58.2 Å². The standard InChI is InChI=1S/C18H17ClN2O2S/c1-24-12-8-9-15(19)14(10-12)18(23)21-16-5-3-2-4-13(16)17(22)20-11-6-7-11/h2-5,8-11H,6-7H2,1H3,(H,20,22)(H,21,23). The second kappa shape index (κ2) is 7.28. The number of benzene rings is 2. The molecule has 1 fully saturated rings. The molecule has 0 radical (unpaired) electrons. The van der Waals surface area contributed by atoms with Gasteiger partial charge in [0, 0.05) is 10.9 Å². The lowest BCUT2D eigenvalue weighted by Gasteiger charge is -2.12. The first-order valence-corrected chi connectivity index (χ1v) is 9.23. The zero-order chi connectivity index (χ0) is 17.1. The number of anilines is 1. The second-order valence-electron chi connectivity index (χ2n) is 5.59. The lowest BCUT2D eigenvalue weighted by molar-refractivity contribution is 0.0952. The molecule has 2 aromatic rings. The van der Waals surface area contributed by atoms with Crippen LogP contribution in [-0.2, 0) is 0 Å². The van der Waals surface area contributed by atoms with Crippen LogP contribution in [0.3, 0.4) is 0 Å². The average Bonchev–Trinajstić information content (AvgIpc) is 3.39. The average molecular weight is 361 g/mol. The molecule has 0 bridgehead atoms.